The average molecular weight is 212 g/mol. The Labute approximate surface area is 84.7 Å². The maximum Gasteiger partial charge on any atom is 0.211 e. The standard InChI is InChI=1S/C7H8N4S2/c1-5-3-13-7(10-5)11-6(12-2)9-4-8/h3H,1-2H3,(H,9,10,11). The minimum atomic E-state index is 0.567. The zero-order valence-corrected chi connectivity index (χ0v) is 8.87. The van der Waals surface area contributed by atoms with E-state index in [2.05, 4.69) is 15.3 Å². The van der Waals surface area contributed by atoms with Gasteiger partial charge < -0.3 is 0 Å². The lowest BCUT2D eigenvalue weighted by molar-refractivity contribution is 1.22. The molecule has 1 N–H and O–H groups in total. The van der Waals surface area contributed by atoms with Gasteiger partial charge >= 0.3 is 0 Å². The smallest absolute Gasteiger partial charge is 0.211 e. The van der Waals surface area contributed by atoms with Crippen molar-refractivity contribution in [2.45, 2.75) is 6.92 Å². The molecule has 1 aromatic rings. The van der Waals surface area contributed by atoms with Crippen LogP contribution in [0.4, 0.5) is 5.13 Å². The van der Waals surface area contributed by atoms with Crippen LogP contribution in [0.25, 0.3) is 0 Å². The van der Waals surface area contributed by atoms with E-state index >= 15 is 0 Å². The molecule has 0 bridgehead atoms. The Kier molecular flexibility index (Phi) is 3.73. The second-order valence-electron chi connectivity index (χ2n) is 2.13. The maximum atomic E-state index is 8.38. The first kappa shape index (κ1) is 10.0. The van der Waals surface area contributed by atoms with Crippen LogP contribution in [-0.4, -0.2) is 16.4 Å². The van der Waals surface area contributed by atoms with E-state index in [1.165, 1.54) is 23.1 Å². The largest absolute Gasteiger partial charge is 0.271 e. The molecule has 0 radical (unpaired) electrons. The average Bonchev–Trinajstić information content (AvgIpc) is 2.50. The molecule has 6 heteroatoms. The predicted octanol–water partition coefficient (Wildman–Crippen LogP) is 1.87. The highest BCUT2D eigenvalue weighted by atomic mass is 32.2. The van der Waals surface area contributed by atoms with Crippen LogP contribution in [0.5, 0.6) is 0 Å². The van der Waals surface area contributed by atoms with Gasteiger partial charge in [0, 0.05) is 5.38 Å². The van der Waals surface area contributed by atoms with E-state index < -0.39 is 0 Å². The van der Waals surface area contributed by atoms with E-state index in [1.807, 2.05) is 24.8 Å². The Hall–Kier alpha value is -1.06. The van der Waals surface area contributed by atoms with Crippen molar-refractivity contribution in [1.82, 2.24) is 10.3 Å². The quantitative estimate of drug-likeness (QED) is 0.334. The molecule has 0 aliphatic rings. The van der Waals surface area contributed by atoms with Crippen LogP contribution < -0.4 is 5.32 Å². The highest BCUT2D eigenvalue weighted by molar-refractivity contribution is 8.13. The van der Waals surface area contributed by atoms with Crippen LogP contribution in [0.1, 0.15) is 5.69 Å². The van der Waals surface area contributed by atoms with E-state index in [1.54, 1.807) is 0 Å². The first-order chi connectivity index (χ1) is 6.26. The fraction of sp³-hybridized carbons (Fsp3) is 0.286. The van der Waals surface area contributed by atoms with Crippen LogP contribution in [0.15, 0.2) is 10.4 Å². The first-order valence-electron chi connectivity index (χ1n) is 3.46. The number of rotatable bonds is 1. The number of aromatic nitrogens is 1. The summed E-state index contributed by atoms with van der Waals surface area (Å²) in [5, 5.41) is 14.0. The Morgan fingerprint density at radius 1 is 1.85 bits per heavy atom. The highest BCUT2D eigenvalue weighted by Gasteiger charge is 1.99. The summed E-state index contributed by atoms with van der Waals surface area (Å²) < 4.78 is 0. The third kappa shape index (κ3) is 3.05. The van der Waals surface area contributed by atoms with Gasteiger partial charge in [-0.25, -0.2) is 4.98 Å². The third-order valence-electron chi connectivity index (χ3n) is 1.16. The maximum absolute atomic E-state index is 8.38. The lowest BCUT2D eigenvalue weighted by Gasteiger charge is -1.95. The molecule has 0 aliphatic carbocycles. The molecule has 0 saturated carbocycles. The van der Waals surface area contributed by atoms with Crippen molar-refractivity contribution in [3.05, 3.63) is 11.1 Å². The molecule has 0 unspecified atom stereocenters. The van der Waals surface area contributed by atoms with Crippen molar-refractivity contribution in [2.24, 2.45) is 4.99 Å². The molecule has 0 atom stereocenters. The van der Waals surface area contributed by atoms with E-state index in [-0.39, 0.29) is 0 Å². The van der Waals surface area contributed by atoms with Crippen LogP contribution in [0, 0.1) is 18.4 Å². The molecule has 0 aromatic carbocycles. The van der Waals surface area contributed by atoms with Crippen molar-refractivity contribution in [3.63, 3.8) is 0 Å². The second kappa shape index (κ2) is 4.84. The van der Waals surface area contributed by atoms with Crippen molar-refractivity contribution in [3.8, 4) is 6.19 Å². The summed E-state index contributed by atoms with van der Waals surface area (Å²) in [5.74, 6) is 0. The minimum absolute atomic E-state index is 0.567. The van der Waals surface area contributed by atoms with Gasteiger partial charge in [-0.2, -0.15) is 10.3 Å². The fourth-order valence-corrected chi connectivity index (χ4v) is 1.70. The number of thioether (sulfide) groups is 1. The number of aryl methyl sites for hydroxylation is 1. The van der Waals surface area contributed by atoms with Crippen LogP contribution >= 0.6 is 23.1 Å². The summed E-state index contributed by atoms with van der Waals surface area (Å²) in [7, 11) is 0. The number of aliphatic imine (C=N–C) groups is 1. The third-order valence-corrected chi connectivity index (χ3v) is 2.59. The number of nitrogens with zero attached hydrogens (tertiary/aromatic N) is 3. The van der Waals surface area contributed by atoms with Crippen molar-refractivity contribution < 1.29 is 0 Å². The molecule has 1 heterocycles. The van der Waals surface area contributed by atoms with E-state index in [9.17, 15) is 0 Å². The number of hydrogen-bond donors (Lipinski definition) is 1. The number of amidine groups is 1. The van der Waals surface area contributed by atoms with Crippen LogP contribution in [0.3, 0.4) is 0 Å². The van der Waals surface area contributed by atoms with Crippen molar-refractivity contribution >= 4 is 33.4 Å². The molecule has 1 rings (SSSR count). The molecule has 0 saturated heterocycles. The van der Waals surface area contributed by atoms with Crippen LogP contribution in [0.2, 0.25) is 0 Å². The van der Waals surface area contributed by atoms with Crippen molar-refractivity contribution in [2.75, 3.05) is 6.26 Å². The normalized spacial score (nSPS) is 11.0. The fourth-order valence-electron chi connectivity index (χ4n) is 0.652. The molecule has 0 spiro atoms. The summed E-state index contributed by atoms with van der Waals surface area (Å²) in [6.07, 6.45) is 3.67. The van der Waals surface area contributed by atoms with Gasteiger partial charge in [-0.3, -0.25) is 5.32 Å². The summed E-state index contributed by atoms with van der Waals surface area (Å²) in [5.41, 5.74) is 0.946. The SMILES string of the molecule is CS/C(=N\c1nc(C)cs1)NC#N. The summed E-state index contributed by atoms with van der Waals surface area (Å²) >= 11 is 2.84. The van der Waals surface area contributed by atoms with Gasteiger partial charge in [0.25, 0.3) is 0 Å². The van der Waals surface area contributed by atoms with E-state index in [4.69, 9.17) is 5.26 Å². The van der Waals surface area contributed by atoms with E-state index in [0.29, 0.717) is 10.3 Å². The zero-order chi connectivity index (χ0) is 9.68. The lowest BCUT2D eigenvalue weighted by Crippen LogP contribution is -2.12. The Morgan fingerprint density at radius 2 is 2.62 bits per heavy atom. The molecule has 4 nitrogen and oxygen atoms in total. The summed E-state index contributed by atoms with van der Waals surface area (Å²) in [6.45, 7) is 1.91. The molecular weight excluding hydrogens is 204 g/mol. The van der Waals surface area contributed by atoms with Gasteiger partial charge in [-0.05, 0) is 13.2 Å². The van der Waals surface area contributed by atoms with Gasteiger partial charge in [-0.1, -0.05) is 11.8 Å². The molecule has 0 fully saturated rings. The zero-order valence-electron chi connectivity index (χ0n) is 7.24. The van der Waals surface area contributed by atoms with Crippen molar-refractivity contribution in [1.29, 1.82) is 5.26 Å². The summed E-state index contributed by atoms with van der Waals surface area (Å²) in [6, 6.07) is 0. The number of thiazole rings is 1. The topological polar surface area (TPSA) is 61.1 Å². The second-order valence-corrected chi connectivity index (χ2v) is 3.76. The monoisotopic (exact) mass is 212 g/mol. The number of nitriles is 1. The van der Waals surface area contributed by atoms with Gasteiger partial charge in [0.05, 0.1) is 5.69 Å². The number of nitrogens with one attached hydrogen (secondary N) is 1. The van der Waals surface area contributed by atoms with Crippen LogP contribution in [-0.2, 0) is 0 Å². The molecule has 0 aliphatic heterocycles. The Balaban J connectivity index is 2.79. The highest BCUT2D eigenvalue weighted by Crippen LogP contribution is 2.19. The summed E-state index contributed by atoms with van der Waals surface area (Å²) in [4.78, 5) is 8.29. The Bertz CT molecular complexity index is 350. The van der Waals surface area contributed by atoms with Gasteiger partial charge in [0.2, 0.25) is 5.13 Å². The molecule has 0 amide bonds. The van der Waals surface area contributed by atoms with E-state index in [0.717, 1.165) is 5.69 Å². The van der Waals surface area contributed by atoms with Gasteiger partial charge in [0.1, 0.15) is 0 Å². The number of hydrogen-bond acceptors (Lipinski definition) is 5. The first-order valence-corrected chi connectivity index (χ1v) is 5.56. The lowest BCUT2D eigenvalue weighted by atomic mass is 10.6. The molecule has 1 aromatic heterocycles. The molecular formula is C7H8N4S2. The van der Waals surface area contributed by atoms with Gasteiger partial charge in [-0.15, -0.1) is 11.3 Å². The molecule has 68 valence electrons. The predicted molar refractivity (Wildman–Crippen MR) is 56.2 cm³/mol. The minimum Gasteiger partial charge on any atom is -0.271 e. The Morgan fingerprint density at radius 3 is 3.08 bits per heavy atom. The van der Waals surface area contributed by atoms with Gasteiger partial charge in [0.15, 0.2) is 11.4 Å². The molecule has 13 heavy (non-hydrogen) atoms.